The van der Waals surface area contributed by atoms with Gasteiger partial charge in [0, 0.05) is 0 Å². The van der Waals surface area contributed by atoms with Crippen LogP contribution >= 0.6 is 0 Å². The Hall–Kier alpha value is -1.35. The zero-order valence-electron chi connectivity index (χ0n) is 8.47. The summed E-state index contributed by atoms with van der Waals surface area (Å²) in [5.41, 5.74) is 2.45. The maximum absolute atomic E-state index is 11.5. The summed E-state index contributed by atoms with van der Waals surface area (Å²) in [6, 6.07) is 8.14. The van der Waals surface area contributed by atoms with Crippen LogP contribution in [0.25, 0.3) is 0 Å². The first-order valence-corrected chi connectivity index (χ1v) is 5.12. The first kappa shape index (κ1) is 8.92. The Morgan fingerprint density at radius 2 is 2.27 bits per heavy atom. The minimum absolute atomic E-state index is 0.0485. The number of fused-ring (bicyclic) bond motifs is 3. The lowest BCUT2D eigenvalue weighted by Gasteiger charge is -2.18. The number of carbonyl (C=O) groups is 1. The zero-order valence-corrected chi connectivity index (χ0v) is 8.47. The lowest BCUT2D eigenvalue weighted by molar-refractivity contribution is -0.146. The first-order valence-electron chi connectivity index (χ1n) is 5.12. The monoisotopic (exact) mass is 204 g/mol. The summed E-state index contributed by atoms with van der Waals surface area (Å²) >= 11 is 0. The van der Waals surface area contributed by atoms with Crippen molar-refractivity contribution in [1.82, 2.24) is 0 Å². The minimum Gasteiger partial charge on any atom is -0.469 e. The molecule has 0 N–H and O–H groups in total. The van der Waals surface area contributed by atoms with Gasteiger partial charge in [0.2, 0.25) is 0 Å². The van der Waals surface area contributed by atoms with Gasteiger partial charge in [-0.05, 0) is 17.5 Å². The van der Waals surface area contributed by atoms with Crippen molar-refractivity contribution < 1.29 is 14.3 Å². The lowest BCUT2D eigenvalue weighted by atomic mass is 9.84. The van der Waals surface area contributed by atoms with Gasteiger partial charge < -0.3 is 9.47 Å². The van der Waals surface area contributed by atoms with Crippen molar-refractivity contribution in [3.63, 3.8) is 0 Å². The molecule has 3 nitrogen and oxygen atoms in total. The van der Waals surface area contributed by atoms with E-state index in [9.17, 15) is 4.79 Å². The van der Waals surface area contributed by atoms with Crippen LogP contribution in [0.4, 0.5) is 0 Å². The van der Waals surface area contributed by atoms with Gasteiger partial charge in [-0.2, -0.15) is 0 Å². The van der Waals surface area contributed by atoms with E-state index in [2.05, 4.69) is 12.1 Å². The van der Waals surface area contributed by atoms with Crippen LogP contribution in [0.2, 0.25) is 0 Å². The van der Waals surface area contributed by atoms with Gasteiger partial charge in [0.25, 0.3) is 0 Å². The molecule has 1 aliphatic carbocycles. The van der Waals surface area contributed by atoms with E-state index in [4.69, 9.17) is 9.47 Å². The molecule has 1 fully saturated rings. The molecule has 15 heavy (non-hydrogen) atoms. The van der Waals surface area contributed by atoms with Crippen LogP contribution in [-0.2, 0) is 20.7 Å². The van der Waals surface area contributed by atoms with Crippen molar-refractivity contribution >= 4 is 5.97 Å². The lowest BCUT2D eigenvalue weighted by Crippen LogP contribution is -2.27. The van der Waals surface area contributed by atoms with Crippen molar-refractivity contribution in [1.29, 1.82) is 0 Å². The second-order valence-corrected chi connectivity index (χ2v) is 4.05. The van der Waals surface area contributed by atoms with E-state index >= 15 is 0 Å². The molecule has 3 heteroatoms. The molecule has 0 radical (unpaired) electrons. The third-order valence-electron chi connectivity index (χ3n) is 3.23. The molecule has 0 bridgehead atoms. The number of epoxide rings is 1. The summed E-state index contributed by atoms with van der Waals surface area (Å²) in [5.74, 6) is -0.271. The molecule has 1 aliphatic heterocycles. The maximum atomic E-state index is 11.5. The van der Waals surface area contributed by atoms with Gasteiger partial charge in [-0.15, -0.1) is 0 Å². The normalized spacial score (nSPS) is 31.4. The predicted octanol–water partition coefficient (Wildman–Crippen LogP) is 1.47. The van der Waals surface area contributed by atoms with E-state index in [0.29, 0.717) is 0 Å². The van der Waals surface area contributed by atoms with Gasteiger partial charge in [0.05, 0.1) is 13.0 Å². The SMILES string of the molecule is COC(=O)C1Cc2ccccc2C2OC12. The fraction of sp³-hybridized carbons (Fsp3) is 0.417. The van der Waals surface area contributed by atoms with E-state index in [1.165, 1.54) is 18.2 Å². The van der Waals surface area contributed by atoms with Crippen molar-refractivity contribution in [2.24, 2.45) is 5.92 Å². The largest absolute Gasteiger partial charge is 0.469 e. The molecule has 0 spiro atoms. The molecular formula is C12H12O3. The van der Waals surface area contributed by atoms with Gasteiger partial charge in [-0.1, -0.05) is 24.3 Å². The van der Waals surface area contributed by atoms with Crippen LogP contribution in [0.3, 0.4) is 0 Å². The molecule has 3 rings (SSSR count). The summed E-state index contributed by atoms with van der Waals surface area (Å²) in [6.07, 6.45) is 0.913. The van der Waals surface area contributed by atoms with Gasteiger partial charge in [0.1, 0.15) is 12.2 Å². The average molecular weight is 204 g/mol. The quantitative estimate of drug-likeness (QED) is 0.513. The molecule has 1 saturated heterocycles. The van der Waals surface area contributed by atoms with Crippen molar-refractivity contribution in [2.45, 2.75) is 18.6 Å². The maximum Gasteiger partial charge on any atom is 0.311 e. The highest BCUT2D eigenvalue weighted by molar-refractivity contribution is 5.75. The third kappa shape index (κ3) is 1.27. The standard InChI is InChI=1S/C12H12O3/c1-14-12(13)9-6-7-4-2-3-5-8(7)10-11(9)15-10/h2-5,9-11H,6H2,1H3. The highest BCUT2D eigenvalue weighted by atomic mass is 16.6. The second-order valence-electron chi connectivity index (χ2n) is 4.05. The van der Waals surface area contributed by atoms with Gasteiger partial charge in [-0.25, -0.2) is 0 Å². The molecule has 78 valence electrons. The highest BCUT2D eigenvalue weighted by Crippen LogP contribution is 2.49. The Morgan fingerprint density at radius 1 is 1.47 bits per heavy atom. The van der Waals surface area contributed by atoms with Crippen molar-refractivity contribution in [2.75, 3.05) is 7.11 Å². The molecule has 1 aromatic carbocycles. The number of methoxy groups -OCH3 is 1. The molecule has 0 saturated carbocycles. The molecule has 2 aliphatic rings. The van der Waals surface area contributed by atoms with Crippen LogP contribution in [0.5, 0.6) is 0 Å². The fourth-order valence-corrected chi connectivity index (χ4v) is 2.40. The first-order chi connectivity index (χ1) is 7.31. The predicted molar refractivity (Wildman–Crippen MR) is 53.3 cm³/mol. The van der Waals surface area contributed by atoms with Crippen LogP contribution < -0.4 is 0 Å². The Bertz CT molecular complexity index is 413. The molecule has 1 heterocycles. The van der Waals surface area contributed by atoms with E-state index in [-0.39, 0.29) is 24.1 Å². The summed E-state index contributed by atoms with van der Waals surface area (Å²) in [7, 11) is 1.43. The second kappa shape index (κ2) is 3.07. The summed E-state index contributed by atoms with van der Waals surface area (Å²) in [5, 5.41) is 0. The van der Waals surface area contributed by atoms with Gasteiger partial charge >= 0.3 is 5.97 Å². The van der Waals surface area contributed by atoms with E-state index in [0.717, 1.165) is 6.42 Å². The number of benzene rings is 1. The molecule has 3 atom stereocenters. The third-order valence-corrected chi connectivity index (χ3v) is 3.23. The van der Waals surface area contributed by atoms with E-state index in [1.54, 1.807) is 0 Å². The summed E-state index contributed by atoms with van der Waals surface area (Å²) < 4.78 is 10.3. The number of carbonyl (C=O) groups excluding carboxylic acids is 1. The summed E-state index contributed by atoms with van der Waals surface area (Å²) in [6.45, 7) is 0. The Balaban J connectivity index is 1.94. The summed E-state index contributed by atoms with van der Waals surface area (Å²) in [4.78, 5) is 11.5. The number of rotatable bonds is 1. The van der Waals surface area contributed by atoms with E-state index < -0.39 is 0 Å². The van der Waals surface area contributed by atoms with Gasteiger partial charge in [-0.3, -0.25) is 4.79 Å². The van der Waals surface area contributed by atoms with Crippen LogP contribution in [0.15, 0.2) is 24.3 Å². The van der Waals surface area contributed by atoms with Crippen LogP contribution in [0.1, 0.15) is 17.2 Å². The molecule has 3 unspecified atom stereocenters. The highest BCUT2D eigenvalue weighted by Gasteiger charge is 2.53. The number of esters is 1. The molecular weight excluding hydrogens is 192 g/mol. The molecule has 0 aromatic heterocycles. The fourth-order valence-electron chi connectivity index (χ4n) is 2.40. The smallest absolute Gasteiger partial charge is 0.311 e. The zero-order chi connectivity index (χ0) is 10.4. The average Bonchev–Trinajstić information content (AvgIpc) is 3.07. The molecule has 0 amide bonds. The Morgan fingerprint density at radius 3 is 3.07 bits per heavy atom. The number of hydrogen-bond acceptors (Lipinski definition) is 3. The van der Waals surface area contributed by atoms with Crippen LogP contribution in [0, 0.1) is 5.92 Å². The Kier molecular flexibility index (Phi) is 1.83. The van der Waals surface area contributed by atoms with Crippen molar-refractivity contribution in [3.8, 4) is 0 Å². The van der Waals surface area contributed by atoms with Gasteiger partial charge in [0.15, 0.2) is 0 Å². The number of ether oxygens (including phenoxy) is 2. The van der Waals surface area contributed by atoms with E-state index in [1.807, 2.05) is 12.1 Å². The minimum atomic E-state index is -0.156. The Labute approximate surface area is 88.0 Å². The molecule has 1 aromatic rings. The van der Waals surface area contributed by atoms with Crippen molar-refractivity contribution in [3.05, 3.63) is 35.4 Å². The van der Waals surface area contributed by atoms with Crippen LogP contribution in [-0.4, -0.2) is 19.2 Å². The topological polar surface area (TPSA) is 38.8 Å². The number of hydrogen-bond donors (Lipinski definition) is 0.